The fourth-order valence-corrected chi connectivity index (χ4v) is 4.37. The van der Waals surface area contributed by atoms with Crippen molar-refractivity contribution in [3.63, 3.8) is 0 Å². The summed E-state index contributed by atoms with van der Waals surface area (Å²) in [5.74, 6) is -0.818. The number of thioether (sulfide) groups is 1. The number of nitro benzene ring substituents is 2. The van der Waals surface area contributed by atoms with Gasteiger partial charge >= 0.3 is 0 Å². The summed E-state index contributed by atoms with van der Waals surface area (Å²) in [5.41, 5.74) is 0.565. The van der Waals surface area contributed by atoms with Crippen molar-refractivity contribution in [3.8, 4) is 5.75 Å². The molecule has 1 unspecified atom stereocenters. The summed E-state index contributed by atoms with van der Waals surface area (Å²) in [6.07, 6.45) is -0.250. The highest BCUT2D eigenvalue weighted by molar-refractivity contribution is 8.15. The van der Waals surface area contributed by atoms with E-state index in [1.165, 1.54) is 43.5 Å². The summed E-state index contributed by atoms with van der Waals surface area (Å²) in [6, 6.07) is 9.63. The molecular formula is C22H22N6O7S. The molecule has 2 aromatic carbocycles. The summed E-state index contributed by atoms with van der Waals surface area (Å²) in [4.78, 5) is 51.1. The molecule has 1 aliphatic rings. The topological polar surface area (TPSA) is 170 Å². The molecule has 2 aromatic rings. The number of benzene rings is 2. The molecule has 1 atom stereocenters. The van der Waals surface area contributed by atoms with Crippen LogP contribution in [0.25, 0.3) is 0 Å². The van der Waals surface area contributed by atoms with Gasteiger partial charge in [-0.2, -0.15) is 10.1 Å². The molecule has 0 saturated carbocycles. The molecule has 2 amide bonds. The van der Waals surface area contributed by atoms with Gasteiger partial charge in [-0.3, -0.25) is 34.8 Å². The van der Waals surface area contributed by atoms with Crippen LogP contribution in [0.2, 0.25) is 0 Å². The minimum atomic E-state index is -0.846. The number of nitrogens with one attached hydrogen (secondary N) is 1. The first-order valence-electron chi connectivity index (χ1n) is 10.6. The number of hydrazone groups is 1. The van der Waals surface area contributed by atoms with E-state index in [1.54, 1.807) is 19.9 Å². The molecule has 0 radical (unpaired) electrons. The van der Waals surface area contributed by atoms with Crippen LogP contribution in [0, 0.1) is 20.2 Å². The third-order valence-electron chi connectivity index (χ3n) is 4.97. The van der Waals surface area contributed by atoms with Crippen LogP contribution in [-0.2, 0) is 9.59 Å². The van der Waals surface area contributed by atoms with E-state index in [0.717, 1.165) is 16.8 Å². The second-order valence-electron chi connectivity index (χ2n) is 7.40. The summed E-state index contributed by atoms with van der Waals surface area (Å²) >= 11 is 1.06. The zero-order valence-corrected chi connectivity index (χ0v) is 20.4. The maximum absolute atomic E-state index is 13.1. The first kappa shape index (κ1) is 26.3. The molecule has 0 aromatic heterocycles. The van der Waals surface area contributed by atoms with Crippen molar-refractivity contribution in [1.82, 2.24) is 5.01 Å². The molecule has 1 heterocycles. The largest absolute Gasteiger partial charge is 0.495 e. The number of anilines is 1. The zero-order chi connectivity index (χ0) is 26.4. The number of hydrogen-bond donors (Lipinski definition) is 1. The highest BCUT2D eigenvalue weighted by Crippen LogP contribution is 2.32. The Morgan fingerprint density at radius 1 is 1.17 bits per heavy atom. The van der Waals surface area contributed by atoms with Crippen molar-refractivity contribution >= 4 is 51.5 Å². The monoisotopic (exact) mass is 514 g/mol. The van der Waals surface area contributed by atoms with Crippen LogP contribution in [0.3, 0.4) is 0 Å². The normalized spacial score (nSPS) is 16.8. The number of ether oxygens (including phenoxy) is 1. The van der Waals surface area contributed by atoms with Crippen LogP contribution in [-0.4, -0.2) is 56.5 Å². The van der Waals surface area contributed by atoms with Crippen molar-refractivity contribution < 1.29 is 24.2 Å². The summed E-state index contributed by atoms with van der Waals surface area (Å²) in [7, 11) is 1.36. The lowest BCUT2D eigenvalue weighted by atomic mass is 10.1. The van der Waals surface area contributed by atoms with Crippen LogP contribution >= 0.6 is 11.8 Å². The Bertz CT molecular complexity index is 1280. The van der Waals surface area contributed by atoms with Crippen LogP contribution < -0.4 is 10.1 Å². The van der Waals surface area contributed by atoms with E-state index < -0.39 is 26.9 Å². The lowest BCUT2D eigenvalue weighted by Crippen LogP contribution is -2.30. The van der Waals surface area contributed by atoms with Crippen molar-refractivity contribution in [2.75, 3.05) is 19.0 Å². The van der Waals surface area contributed by atoms with Crippen molar-refractivity contribution in [1.29, 1.82) is 0 Å². The molecule has 1 aliphatic heterocycles. The van der Waals surface area contributed by atoms with Crippen molar-refractivity contribution in [2.45, 2.75) is 25.5 Å². The molecule has 0 bridgehead atoms. The molecule has 1 saturated heterocycles. The predicted molar refractivity (Wildman–Crippen MR) is 134 cm³/mol. The Kier molecular flexibility index (Phi) is 8.32. The first-order chi connectivity index (χ1) is 17.1. The number of carbonyl (C=O) groups excluding carboxylic acids is 2. The quantitative estimate of drug-likeness (QED) is 0.301. The highest BCUT2D eigenvalue weighted by Gasteiger charge is 2.39. The molecule has 188 valence electrons. The highest BCUT2D eigenvalue weighted by atomic mass is 32.2. The van der Waals surface area contributed by atoms with Gasteiger partial charge in [-0.1, -0.05) is 23.9 Å². The van der Waals surface area contributed by atoms with E-state index in [2.05, 4.69) is 15.4 Å². The third-order valence-corrected chi connectivity index (χ3v) is 6.14. The molecule has 1 fully saturated rings. The zero-order valence-electron chi connectivity index (χ0n) is 19.5. The van der Waals surface area contributed by atoms with E-state index in [0.29, 0.717) is 17.8 Å². The number of nitrogens with zero attached hydrogens (tertiary/aromatic N) is 5. The number of nitro groups is 2. The summed E-state index contributed by atoms with van der Waals surface area (Å²) < 4.78 is 5.15. The smallest absolute Gasteiger partial charge is 0.271 e. The van der Waals surface area contributed by atoms with Gasteiger partial charge in [-0.05, 0) is 19.9 Å². The number of non-ortho nitro benzene ring substituents is 2. The van der Waals surface area contributed by atoms with Gasteiger partial charge in [0.15, 0.2) is 5.17 Å². The van der Waals surface area contributed by atoms with Crippen LogP contribution in [0.1, 0.15) is 25.8 Å². The predicted octanol–water partition coefficient (Wildman–Crippen LogP) is 3.58. The molecular weight excluding hydrogens is 492 g/mol. The minimum Gasteiger partial charge on any atom is -0.495 e. The van der Waals surface area contributed by atoms with E-state index >= 15 is 0 Å². The Labute approximate surface area is 209 Å². The molecule has 3 rings (SSSR count). The summed E-state index contributed by atoms with van der Waals surface area (Å²) in [6.45, 7) is 3.75. The summed E-state index contributed by atoms with van der Waals surface area (Å²) in [5, 5.41) is 29.6. The molecule has 13 nitrogen and oxygen atoms in total. The SMILES string of the molecule is CCN=C1SC(CC(=O)Nc2cc([N+](=O)[O-])ccc2OC)C(=O)N1/N=C(/C)c1cccc([N+](=O)[O-])c1. The molecule has 1 N–H and O–H groups in total. The number of methoxy groups -OCH3 is 1. The number of rotatable bonds is 9. The van der Waals surface area contributed by atoms with Crippen LogP contribution in [0.15, 0.2) is 52.6 Å². The van der Waals surface area contributed by atoms with Crippen molar-refractivity contribution in [2.24, 2.45) is 10.1 Å². The lowest BCUT2D eigenvalue weighted by molar-refractivity contribution is -0.385. The number of carbonyl (C=O) groups is 2. The molecule has 0 aliphatic carbocycles. The standard InChI is InChI=1S/C22H22N6O7S/c1-4-23-22-26(25-13(2)14-6-5-7-15(10-14)27(31)32)21(30)19(36-22)12-20(29)24-17-11-16(28(33)34)8-9-18(17)35-3/h5-11,19H,4,12H2,1-3H3,(H,24,29)/b23-22?,25-13-. The van der Waals surface area contributed by atoms with Gasteiger partial charge < -0.3 is 10.1 Å². The van der Waals surface area contributed by atoms with Crippen molar-refractivity contribution in [3.05, 3.63) is 68.3 Å². The van der Waals surface area contributed by atoms with E-state index in [4.69, 9.17) is 4.74 Å². The maximum atomic E-state index is 13.1. The van der Waals surface area contributed by atoms with Gasteiger partial charge in [-0.15, -0.1) is 0 Å². The third kappa shape index (κ3) is 6.02. The second-order valence-corrected chi connectivity index (χ2v) is 8.57. The number of amidine groups is 1. The average Bonchev–Trinajstić information content (AvgIpc) is 3.12. The van der Waals surface area contributed by atoms with Gasteiger partial charge in [-0.25, -0.2) is 0 Å². The maximum Gasteiger partial charge on any atom is 0.271 e. The Balaban J connectivity index is 1.80. The number of aliphatic imine (C=N–C) groups is 1. The Morgan fingerprint density at radius 2 is 1.86 bits per heavy atom. The van der Waals surface area contributed by atoms with Gasteiger partial charge in [0.05, 0.1) is 28.4 Å². The minimum absolute atomic E-state index is 0.103. The van der Waals surface area contributed by atoms with E-state index in [1.807, 2.05) is 0 Å². The fourth-order valence-electron chi connectivity index (χ4n) is 3.25. The number of hydrogen-bond acceptors (Lipinski definition) is 10. The van der Waals surface area contributed by atoms with Gasteiger partial charge in [0, 0.05) is 42.8 Å². The fraction of sp³-hybridized carbons (Fsp3) is 0.273. The van der Waals surface area contributed by atoms with E-state index in [-0.39, 0.29) is 34.4 Å². The molecule has 14 heteroatoms. The van der Waals surface area contributed by atoms with Gasteiger partial charge in [0.1, 0.15) is 11.0 Å². The van der Waals surface area contributed by atoms with Crippen LogP contribution in [0.4, 0.5) is 17.1 Å². The second kappa shape index (κ2) is 11.4. The Hall–Kier alpha value is -4.33. The van der Waals surface area contributed by atoms with Crippen LogP contribution in [0.5, 0.6) is 5.75 Å². The number of amides is 2. The van der Waals surface area contributed by atoms with E-state index in [9.17, 15) is 29.8 Å². The average molecular weight is 515 g/mol. The van der Waals surface area contributed by atoms with Gasteiger partial charge in [0.2, 0.25) is 5.91 Å². The molecule has 36 heavy (non-hydrogen) atoms. The van der Waals surface area contributed by atoms with Gasteiger partial charge in [0.25, 0.3) is 17.3 Å². The Morgan fingerprint density at radius 3 is 2.50 bits per heavy atom. The first-order valence-corrected chi connectivity index (χ1v) is 11.5. The molecule has 0 spiro atoms. The lowest BCUT2D eigenvalue weighted by Gasteiger charge is -2.12.